The smallest absolute Gasteiger partial charge is 0.253 e. The van der Waals surface area contributed by atoms with Gasteiger partial charge in [-0.25, -0.2) is 0 Å². The molecule has 0 radical (unpaired) electrons. The molecule has 5 rings (SSSR count). The lowest BCUT2D eigenvalue weighted by atomic mass is 10.0. The van der Waals surface area contributed by atoms with Crippen LogP contribution in [0.15, 0.2) is 54.9 Å². The van der Waals surface area contributed by atoms with Crippen LogP contribution in [0.5, 0.6) is 0 Å². The van der Waals surface area contributed by atoms with Crippen molar-refractivity contribution in [3.05, 3.63) is 71.7 Å². The molecular weight excluding hydrogens is 376 g/mol. The quantitative estimate of drug-likeness (QED) is 0.552. The van der Waals surface area contributed by atoms with Gasteiger partial charge < -0.3 is 10.2 Å². The number of aromatic nitrogens is 4. The van der Waals surface area contributed by atoms with Crippen LogP contribution >= 0.6 is 0 Å². The summed E-state index contributed by atoms with van der Waals surface area (Å²) in [5.41, 5.74) is 6.06. The maximum Gasteiger partial charge on any atom is 0.253 e. The van der Waals surface area contributed by atoms with Crippen molar-refractivity contribution in [1.82, 2.24) is 30.2 Å². The van der Waals surface area contributed by atoms with Crippen molar-refractivity contribution in [2.75, 3.05) is 26.2 Å². The largest absolute Gasteiger partial charge is 0.336 e. The van der Waals surface area contributed by atoms with Gasteiger partial charge in [-0.2, -0.15) is 10.2 Å². The van der Waals surface area contributed by atoms with Crippen molar-refractivity contribution in [1.29, 1.82) is 0 Å². The zero-order valence-corrected chi connectivity index (χ0v) is 16.9. The topological polar surface area (TPSA) is 78.8 Å². The van der Waals surface area contributed by atoms with Crippen LogP contribution in [0.3, 0.4) is 0 Å². The van der Waals surface area contributed by atoms with E-state index in [2.05, 4.69) is 44.9 Å². The van der Waals surface area contributed by atoms with Gasteiger partial charge in [0.15, 0.2) is 0 Å². The molecule has 1 aliphatic rings. The minimum Gasteiger partial charge on any atom is -0.336 e. The summed E-state index contributed by atoms with van der Waals surface area (Å²) in [7, 11) is 1.92. The van der Waals surface area contributed by atoms with Gasteiger partial charge in [-0.15, -0.1) is 0 Å². The lowest BCUT2D eigenvalue weighted by Crippen LogP contribution is -2.46. The highest BCUT2D eigenvalue weighted by molar-refractivity contribution is 5.98. The fourth-order valence-corrected chi connectivity index (χ4v) is 3.97. The predicted molar refractivity (Wildman–Crippen MR) is 116 cm³/mol. The van der Waals surface area contributed by atoms with Gasteiger partial charge in [0.1, 0.15) is 0 Å². The van der Waals surface area contributed by atoms with E-state index in [0.717, 1.165) is 65.9 Å². The molecule has 1 aliphatic heterocycles. The van der Waals surface area contributed by atoms with Gasteiger partial charge in [0.2, 0.25) is 0 Å². The maximum absolute atomic E-state index is 12.9. The minimum atomic E-state index is 0.0892. The summed E-state index contributed by atoms with van der Waals surface area (Å²) in [5, 5.41) is 16.1. The molecule has 30 heavy (non-hydrogen) atoms. The Morgan fingerprint density at radius 2 is 1.87 bits per heavy atom. The van der Waals surface area contributed by atoms with E-state index in [-0.39, 0.29) is 5.91 Å². The molecule has 1 amide bonds. The number of hydrogen-bond donors (Lipinski definition) is 2. The molecule has 0 bridgehead atoms. The Balaban J connectivity index is 1.38. The summed E-state index contributed by atoms with van der Waals surface area (Å²) in [4.78, 5) is 14.8. The van der Waals surface area contributed by atoms with Crippen LogP contribution in [0.1, 0.15) is 21.6 Å². The average Bonchev–Trinajstić information content (AvgIpc) is 3.40. The highest BCUT2D eigenvalue weighted by Crippen LogP contribution is 2.23. The number of nitrogens with zero attached hydrogens (tertiary/aromatic N) is 4. The molecule has 2 aromatic carbocycles. The number of H-pyrrole nitrogens is 1. The third-order valence-electron chi connectivity index (χ3n) is 5.66. The Hall–Kier alpha value is -3.45. The van der Waals surface area contributed by atoms with Gasteiger partial charge in [0.25, 0.3) is 5.91 Å². The van der Waals surface area contributed by atoms with E-state index in [4.69, 9.17) is 0 Å². The molecule has 3 heterocycles. The van der Waals surface area contributed by atoms with E-state index in [1.165, 1.54) is 5.56 Å². The highest BCUT2D eigenvalue weighted by Gasteiger charge is 2.19. The minimum absolute atomic E-state index is 0.0892. The molecule has 2 aromatic heterocycles. The van der Waals surface area contributed by atoms with Crippen LogP contribution in [0.4, 0.5) is 0 Å². The zero-order chi connectivity index (χ0) is 20.5. The first kappa shape index (κ1) is 18.6. The number of rotatable bonds is 4. The number of aryl methyl sites for hydroxylation is 1. The van der Waals surface area contributed by atoms with Crippen molar-refractivity contribution in [2.45, 2.75) is 6.42 Å². The third-order valence-corrected chi connectivity index (χ3v) is 5.66. The summed E-state index contributed by atoms with van der Waals surface area (Å²) in [6.07, 6.45) is 4.61. The molecule has 1 saturated heterocycles. The van der Waals surface area contributed by atoms with Crippen LogP contribution in [-0.2, 0) is 13.5 Å². The van der Waals surface area contributed by atoms with Crippen LogP contribution in [0, 0.1) is 0 Å². The molecule has 0 aliphatic carbocycles. The van der Waals surface area contributed by atoms with Crippen LogP contribution < -0.4 is 5.32 Å². The van der Waals surface area contributed by atoms with E-state index >= 15 is 0 Å². The van der Waals surface area contributed by atoms with Crippen LogP contribution in [-0.4, -0.2) is 57.0 Å². The normalized spacial score (nSPS) is 14.4. The maximum atomic E-state index is 12.9. The monoisotopic (exact) mass is 400 g/mol. The van der Waals surface area contributed by atoms with E-state index in [9.17, 15) is 4.79 Å². The van der Waals surface area contributed by atoms with Crippen molar-refractivity contribution in [3.63, 3.8) is 0 Å². The van der Waals surface area contributed by atoms with E-state index in [1.807, 2.05) is 42.5 Å². The number of carbonyl (C=O) groups excluding carboxylic acids is 1. The summed E-state index contributed by atoms with van der Waals surface area (Å²) in [6.45, 7) is 3.19. The van der Waals surface area contributed by atoms with E-state index < -0.39 is 0 Å². The van der Waals surface area contributed by atoms with Crippen LogP contribution in [0.25, 0.3) is 22.0 Å². The number of hydrogen-bond acceptors (Lipinski definition) is 4. The molecule has 2 N–H and O–H groups in total. The van der Waals surface area contributed by atoms with Crippen molar-refractivity contribution in [3.8, 4) is 11.1 Å². The molecule has 7 heteroatoms. The van der Waals surface area contributed by atoms with Gasteiger partial charge in [0, 0.05) is 68.1 Å². The number of piperazine rings is 1. The lowest BCUT2D eigenvalue weighted by molar-refractivity contribution is 0.0736. The lowest BCUT2D eigenvalue weighted by Gasteiger charge is -2.27. The molecule has 0 unspecified atom stereocenters. The van der Waals surface area contributed by atoms with Crippen molar-refractivity contribution < 1.29 is 4.79 Å². The summed E-state index contributed by atoms with van der Waals surface area (Å²) in [6, 6.07) is 14.3. The van der Waals surface area contributed by atoms with Crippen molar-refractivity contribution in [2.24, 2.45) is 7.05 Å². The van der Waals surface area contributed by atoms with Gasteiger partial charge in [0.05, 0.1) is 11.7 Å². The molecule has 0 saturated carbocycles. The first-order chi connectivity index (χ1) is 14.7. The van der Waals surface area contributed by atoms with Crippen molar-refractivity contribution >= 4 is 16.8 Å². The Kier molecular flexibility index (Phi) is 4.80. The number of carbonyl (C=O) groups is 1. The van der Waals surface area contributed by atoms with Gasteiger partial charge in [-0.3, -0.25) is 14.6 Å². The van der Waals surface area contributed by atoms with Gasteiger partial charge in [-0.05, 0) is 29.3 Å². The van der Waals surface area contributed by atoms with E-state index in [0.29, 0.717) is 0 Å². The molecule has 0 atom stereocenters. The average molecular weight is 400 g/mol. The summed E-state index contributed by atoms with van der Waals surface area (Å²) >= 11 is 0. The number of amides is 1. The van der Waals surface area contributed by atoms with E-state index in [1.54, 1.807) is 4.68 Å². The highest BCUT2D eigenvalue weighted by atomic mass is 16.2. The number of fused-ring (bicyclic) bond motifs is 1. The molecule has 152 valence electrons. The first-order valence-corrected chi connectivity index (χ1v) is 10.2. The Labute approximate surface area is 174 Å². The molecule has 7 nitrogen and oxygen atoms in total. The fraction of sp³-hybridized carbons (Fsp3) is 0.261. The standard InChI is InChI=1S/C23H24N6O/c1-28-15-19(14-25-28)17-4-2-16(3-5-17)12-22-20-13-18(6-7-21(20)26-27-22)23(30)29-10-8-24-9-11-29/h2-7,13-15,24H,8-12H2,1H3,(H,26,27). The first-order valence-electron chi connectivity index (χ1n) is 10.2. The fourth-order valence-electron chi connectivity index (χ4n) is 3.97. The molecular formula is C23H24N6O. The molecule has 1 fully saturated rings. The summed E-state index contributed by atoms with van der Waals surface area (Å²) < 4.78 is 1.80. The second-order valence-electron chi connectivity index (χ2n) is 7.75. The Morgan fingerprint density at radius 1 is 1.07 bits per heavy atom. The zero-order valence-electron chi connectivity index (χ0n) is 16.9. The van der Waals surface area contributed by atoms with Gasteiger partial charge in [-0.1, -0.05) is 24.3 Å². The van der Waals surface area contributed by atoms with Crippen LogP contribution in [0.2, 0.25) is 0 Å². The Bertz CT molecular complexity index is 1180. The molecule has 4 aromatic rings. The number of aromatic amines is 1. The molecule has 0 spiro atoms. The second-order valence-corrected chi connectivity index (χ2v) is 7.75. The third kappa shape index (κ3) is 3.59. The Morgan fingerprint density at radius 3 is 2.60 bits per heavy atom. The number of benzene rings is 2. The predicted octanol–water partition coefficient (Wildman–Crippen LogP) is 2.60. The second kappa shape index (κ2) is 7.76. The SMILES string of the molecule is Cn1cc(-c2ccc(Cc3[nH]nc4ccc(C(=O)N5CCNCC5)cc34)cc2)cn1. The summed E-state index contributed by atoms with van der Waals surface area (Å²) in [5.74, 6) is 0.0892. The number of nitrogens with one attached hydrogen (secondary N) is 2. The van der Waals surface area contributed by atoms with Gasteiger partial charge >= 0.3 is 0 Å².